The van der Waals surface area contributed by atoms with Crippen molar-refractivity contribution in [3.05, 3.63) is 60.2 Å². The summed E-state index contributed by atoms with van der Waals surface area (Å²) < 4.78 is 0. The summed E-state index contributed by atoms with van der Waals surface area (Å²) >= 11 is 0. The van der Waals surface area contributed by atoms with E-state index < -0.39 is 0 Å². The molecule has 1 heterocycles. The quantitative estimate of drug-likeness (QED) is 0.903. The van der Waals surface area contributed by atoms with Gasteiger partial charge in [-0.05, 0) is 35.6 Å². The van der Waals surface area contributed by atoms with E-state index in [1.807, 2.05) is 30.3 Å². The van der Waals surface area contributed by atoms with Crippen LogP contribution in [0.4, 0.5) is 4.79 Å². The minimum absolute atomic E-state index is 0.0244. The van der Waals surface area contributed by atoms with E-state index in [1.165, 1.54) is 0 Å². The summed E-state index contributed by atoms with van der Waals surface area (Å²) in [7, 11) is 3.48. The van der Waals surface area contributed by atoms with E-state index in [9.17, 15) is 9.59 Å². The Morgan fingerprint density at radius 2 is 1.81 bits per heavy atom. The second-order valence-electron chi connectivity index (χ2n) is 7.25. The van der Waals surface area contributed by atoms with Crippen LogP contribution in [0.2, 0.25) is 0 Å². The van der Waals surface area contributed by atoms with Gasteiger partial charge < -0.3 is 15.1 Å². The minimum atomic E-state index is -0.139. The van der Waals surface area contributed by atoms with Crippen LogP contribution in [0.3, 0.4) is 0 Å². The average molecular weight is 365 g/mol. The van der Waals surface area contributed by atoms with Crippen molar-refractivity contribution in [1.82, 2.24) is 15.1 Å². The molecule has 3 amide bonds. The smallest absolute Gasteiger partial charge is 0.319 e. The Hall–Kier alpha value is -2.82. The van der Waals surface area contributed by atoms with Crippen molar-refractivity contribution in [2.75, 3.05) is 27.2 Å². The number of hydrogen-bond donors (Lipinski definition) is 1. The highest BCUT2D eigenvalue weighted by Gasteiger charge is 2.28. The SMILES string of the molecule is CN(C)C(=O)N1CCCC(C(=O)NCc2cccc(-c3ccccc3)c2)C1. The zero-order valence-corrected chi connectivity index (χ0v) is 16.0. The molecule has 0 aromatic heterocycles. The fraction of sp³-hybridized carbons (Fsp3) is 0.364. The number of piperidine rings is 1. The van der Waals surface area contributed by atoms with Gasteiger partial charge in [-0.15, -0.1) is 0 Å². The van der Waals surface area contributed by atoms with Crippen LogP contribution in [0.15, 0.2) is 54.6 Å². The van der Waals surface area contributed by atoms with E-state index in [1.54, 1.807) is 23.9 Å². The van der Waals surface area contributed by atoms with Gasteiger partial charge in [-0.1, -0.05) is 48.5 Å². The molecule has 1 unspecified atom stereocenters. The highest BCUT2D eigenvalue weighted by atomic mass is 16.2. The zero-order valence-electron chi connectivity index (χ0n) is 16.0. The molecule has 1 aliphatic heterocycles. The lowest BCUT2D eigenvalue weighted by molar-refractivity contribution is -0.126. The molecule has 0 spiro atoms. The lowest BCUT2D eigenvalue weighted by Gasteiger charge is -2.33. The first-order valence-corrected chi connectivity index (χ1v) is 9.43. The largest absolute Gasteiger partial charge is 0.352 e. The third-order valence-corrected chi connectivity index (χ3v) is 4.95. The Bertz CT molecular complexity index is 789. The summed E-state index contributed by atoms with van der Waals surface area (Å²) in [6.07, 6.45) is 1.69. The molecule has 0 radical (unpaired) electrons. The third-order valence-electron chi connectivity index (χ3n) is 4.95. The molecule has 5 nitrogen and oxygen atoms in total. The van der Waals surface area contributed by atoms with Gasteiger partial charge in [0, 0.05) is 33.7 Å². The van der Waals surface area contributed by atoms with Crippen molar-refractivity contribution in [2.45, 2.75) is 19.4 Å². The van der Waals surface area contributed by atoms with Gasteiger partial charge in [0.2, 0.25) is 5.91 Å². The summed E-state index contributed by atoms with van der Waals surface area (Å²) in [5.74, 6) is -0.115. The van der Waals surface area contributed by atoms with Crippen LogP contribution in [0.5, 0.6) is 0 Å². The lowest BCUT2D eigenvalue weighted by Crippen LogP contribution is -2.48. The van der Waals surface area contributed by atoms with Crippen LogP contribution >= 0.6 is 0 Å². The van der Waals surface area contributed by atoms with Gasteiger partial charge >= 0.3 is 6.03 Å². The van der Waals surface area contributed by atoms with Gasteiger partial charge in [0.25, 0.3) is 0 Å². The van der Waals surface area contributed by atoms with Crippen LogP contribution in [-0.4, -0.2) is 48.9 Å². The van der Waals surface area contributed by atoms with E-state index in [2.05, 4.69) is 29.6 Å². The van der Waals surface area contributed by atoms with Gasteiger partial charge in [-0.25, -0.2) is 4.79 Å². The first kappa shape index (κ1) is 19.0. The zero-order chi connectivity index (χ0) is 19.2. The van der Waals surface area contributed by atoms with Gasteiger partial charge in [-0.2, -0.15) is 0 Å². The first-order valence-electron chi connectivity index (χ1n) is 9.43. The van der Waals surface area contributed by atoms with E-state index in [-0.39, 0.29) is 17.9 Å². The van der Waals surface area contributed by atoms with E-state index in [0.717, 1.165) is 36.1 Å². The number of likely N-dealkylation sites (tertiary alicyclic amines) is 1. The Balaban J connectivity index is 1.58. The number of carbonyl (C=O) groups is 2. The number of rotatable bonds is 4. The van der Waals surface area contributed by atoms with Crippen LogP contribution in [-0.2, 0) is 11.3 Å². The van der Waals surface area contributed by atoms with E-state index in [4.69, 9.17) is 0 Å². The van der Waals surface area contributed by atoms with Crippen molar-refractivity contribution in [3.63, 3.8) is 0 Å². The monoisotopic (exact) mass is 365 g/mol. The summed E-state index contributed by atoms with van der Waals surface area (Å²) in [6.45, 7) is 1.71. The van der Waals surface area contributed by atoms with Crippen LogP contribution < -0.4 is 5.32 Å². The minimum Gasteiger partial charge on any atom is -0.352 e. The molecule has 3 rings (SSSR count). The van der Waals surface area contributed by atoms with Crippen molar-refractivity contribution >= 4 is 11.9 Å². The molecule has 2 aromatic carbocycles. The maximum Gasteiger partial charge on any atom is 0.319 e. The molecule has 1 atom stereocenters. The van der Waals surface area contributed by atoms with Gasteiger partial charge in [0.05, 0.1) is 5.92 Å². The summed E-state index contributed by atoms with van der Waals surface area (Å²) in [4.78, 5) is 28.1. The highest BCUT2D eigenvalue weighted by Crippen LogP contribution is 2.21. The molecule has 27 heavy (non-hydrogen) atoms. The maximum absolute atomic E-state index is 12.6. The lowest BCUT2D eigenvalue weighted by atomic mass is 9.97. The van der Waals surface area contributed by atoms with E-state index >= 15 is 0 Å². The Morgan fingerprint density at radius 3 is 2.56 bits per heavy atom. The number of carbonyl (C=O) groups excluding carboxylic acids is 2. The average Bonchev–Trinajstić information content (AvgIpc) is 2.72. The Kier molecular flexibility index (Phi) is 6.12. The van der Waals surface area contributed by atoms with Crippen LogP contribution in [0.1, 0.15) is 18.4 Å². The van der Waals surface area contributed by atoms with Gasteiger partial charge in [-0.3, -0.25) is 4.79 Å². The Labute approximate surface area is 161 Å². The number of urea groups is 1. The molecular weight excluding hydrogens is 338 g/mol. The molecule has 1 fully saturated rings. The highest BCUT2D eigenvalue weighted by molar-refractivity contribution is 5.80. The van der Waals surface area contributed by atoms with Crippen LogP contribution in [0, 0.1) is 5.92 Å². The maximum atomic E-state index is 12.6. The number of benzene rings is 2. The number of nitrogens with one attached hydrogen (secondary N) is 1. The van der Waals surface area contributed by atoms with Crippen molar-refractivity contribution in [2.24, 2.45) is 5.92 Å². The normalized spacial score (nSPS) is 16.7. The van der Waals surface area contributed by atoms with Crippen molar-refractivity contribution in [3.8, 4) is 11.1 Å². The molecule has 1 N–H and O–H groups in total. The third kappa shape index (κ3) is 4.88. The summed E-state index contributed by atoms with van der Waals surface area (Å²) in [6, 6.07) is 18.4. The first-order chi connectivity index (χ1) is 13.0. The fourth-order valence-corrected chi connectivity index (χ4v) is 3.47. The fourth-order valence-electron chi connectivity index (χ4n) is 3.47. The molecule has 0 aliphatic carbocycles. The van der Waals surface area contributed by atoms with Crippen molar-refractivity contribution in [1.29, 1.82) is 0 Å². The van der Waals surface area contributed by atoms with Gasteiger partial charge in [0.15, 0.2) is 0 Å². The standard InChI is InChI=1S/C22H27N3O2/c1-24(2)22(27)25-13-7-12-20(16-25)21(26)23-15-17-8-6-11-19(14-17)18-9-4-3-5-10-18/h3-6,8-11,14,20H,7,12-13,15-16H2,1-2H3,(H,23,26). The number of nitrogens with zero attached hydrogens (tertiary/aromatic N) is 2. The summed E-state index contributed by atoms with van der Waals surface area (Å²) in [5.41, 5.74) is 3.38. The number of amides is 3. The number of hydrogen-bond acceptors (Lipinski definition) is 2. The predicted octanol–water partition coefficient (Wildman–Crippen LogP) is 3.36. The molecule has 1 aliphatic rings. The van der Waals surface area contributed by atoms with Crippen LogP contribution in [0.25, 0.3) is 11.1 Å². The van der Waals surface area contributed by atoms with E-state index in [0.29, 0.717) is 13.1 Å². The Morgan fingerprint density at radius 1 is 1.07 bits per heavy atom. The second-order valence-corrected chi connectivity index (χ2v) is 7.25. The molecule has 142 valence electrons. The molecule has 2 aromatic rings. The second kappa shape index (κ2) is 8.71. The molecular formula is C22H27N3O2. The molecule has 0 bridgehead atoms. The molecule has 5 heteroatoms. The molecule has 0 saturated carbocycles. The molecule has 1 saturated heterocycles. The predicted molar refractivity (Wildman–Crippen MR) is 107 cm³/mol. The van der Waals surface area contributed by atoms with Gasteiger partial charge in [0.1, 0.15) is 0 Å². The topological polar surface area (TPSA) is 52.7 Å². The summed E-state index contributed by atoms with van der Waals surface area (Å²) in [5, 5.41) is 3.05. The van der Waals surface area contributed by atoms with Crippen molar-refractivity contribution < 1.29 is 9.59 Å².